The van der Waals surface area contributed by atoms with Gasteiger partial charge in [-0.3, -0.25) is 24.0 Å². The largest absolute Gasteiger partial charge is 0.481 e. The first-order chi connectivity index (χ1) is 40.0. The standard InChI is InChI=1S/C71H107Cl2NO9/c1-8-10-12-14-16-18-20-22-24-26-28-30-32-41-66(78)81-51-56(52-82-67(79)42-33-31-29-27-25-23-21-19-17-15-13-11-9-2)69-53(3)48-63(83-68(80)43-37-36-40-65(76)77)70(54(69)4)71(5,6)50-64(75)74(7)62-47-45-57(58-38-34-35-39-59(58)62)55-44-46-60(72)61(73)49-55/h34-35,38-39,44,46,48-49,56-57,62H,8-33,36-37,40-43,45,47,50-52H2,1-7H3,(H,76,77)/t57-,62-/m0/s1. The molecule has 10 nitrogen and oxygen atoms in total. The highest BCUT2D eigenvalue weighted by Crippen LogP contribution is 2.46. The molecule has 0 bridgehead atoms. The SMILES string of the molecule is CCCCCCCCCCCCCCCC(=O)OCC(COC(=O)CCCCCCCCCCCCCCC)c1c(C)cc(OC(=O)CCCCC(=O)O)c(C(C)(C)CC(=O)N(C)[C@H]2CC[C@@H](c3ccc(Cl)c(Cl)c3)c3ccccc32)c1C. The van der Waals surface area contributed by atoms with Crippen molar-refractivity contribution in [3.8, 4) is 5.75 Å². The van der Waals surface area contributed by atoms with Crippen molar-refractivity contribution in [2.24, 2.45) is 0 Å². The molecule has 0 aromatic heterocycles. The Morgan fingerprint density at radius 2 is 1.02 bits per heavy atom. The lowest BCUT2D eigenvalue weighted by Crippen LogP contribution is -2.38. The summed E-state index contributed by atoms with van der Waals surface area (Å²) >= 11 is 12.8. The highest BCUT2D eigenvalue weighted by atomic mass is 35.5. The maximum absolute atomic E-state index is 14.9. The molecule has 1 N–H and O–H groups in total. The van der Waals surface area contributed by atoms with Crippen molar-refractivity contribution in [3.05, 3.63) is 97.5 Å². The van der Waals surface area contributed by atoms with Crippen LogP contribution in [-0.2, 0) is 38.9 Å². The monoisotopic (exact) mass is 1190 g/mol. The second-order valence-corrected chi connectivity index (χ2v) is 25.6. The van der Waals surface area contributed by atoms with E-state index in [4.69, 9.17) is 37.4 Å². The van der Waals surface area contributed by atoms with Gasteiger partial charge >= 0.3 is 23.9 Å². The first kappa shape index (κ1) is 71.1. The molecule has 0 radical (unpaired) electrons. The van der Waals surface area contributed by atoms with E-state index in [0.717, 1.165) is 84.7 Å². The number of amides is 1. The number of carbonyl (C=O) groups is 5. The van der Waals surface area contributed by atoms with E-state index >= 15 is 0 Å². The summed E-state index contributed by atoms with van der Waals surface area (Å²) in [5, 5.41) is 10.3. The Morgan fingerprint density at radius 3 is 1.51 bits per heavy atom. The fourth-order valence-corrected chi connectivity index (χ4v) is 12.9. The van der Waals surface area contributed by atoms with Gasteiger partial charge in [-0.25, -0.2) is 0 Å². The molecule has 0 saturated heterocycles. The molecule has 83 heavy (non-hydrogen) atoms. The Balaban J connectivity index is 1.53. The zero-order chi connectivity index (χ0) is 60.4. The summed E-state index contributed by atoms with van der Waals surface area (Å²) in [7, 11) is 1.86. The molecule has 12 heteroatoms. The number of unbranched alkanes of at least 4 members (excludes halogenated alkanes) is 25. The third-order valence-corrected chi connectivity index (χ3v) is 18.0. The van der Waals surface area contributed by atoms with E-state index in [1.165, 1.54) is 128 Å². The van der Waals surface area contributed by atoms with E-state index in [1.807, 2.05) is 76.0 Å². The molecule has 464 valence electrons. The Kier molecular flexibility index (Phi) is 34.3. The van der Waals surface area contributed by atoms with Gasteiger partial charge in [-0.1, -0.05) is 235 Å². The van der Waals surface area contributed by atoms with Gasteiger partial charge in [0.15, 0.2) is 0 Å². The molecule has 0 unspecified atom stereocenters. The van der Waals surface area contributed by atoms with Gasteiger partial charge < -0.3 is 24.2 Å². The van der Waals surface area contributed by atoms with Crippen molar-refractivity contribution in [2.75, 3.05) is 20.3 Å². The van der Waals surface area contributed by atoms with Crippen LogP contribution in [0.4, 0.5) is 0 Å². The summed E-state index contributed by atoms with van der Waals surface area (Å²) < 4.78 is 18.4. The molecule has 1 aliphatic rings. The van der Waals surface area contributed by atoms with Gasteiger partial charge in [-0.2, -0.15) is 0 Å². The summed E-state index contributed by atoms with van der Waals surface area (Å²) in [6.07, 6.45) is 34.3. The molecule has 3 aromatic carbocycles. The number of rotatable bonds is 44. The lowest BCUT2D eigenvalue weighted by molar-refractivity contribution is -0.147. The normalized spacial score (nSPS) is 14.1. The Hall–Kier alpha value is -4.41. The van der Waals surface area contributed by atoms with Crippen LogP contribution >= 0.6 is 23.2 Å². The van der Waals surface area contributed by atoms with Crippen LogP contribution in [0.2, 0.25) is 10.0 Å². The van der Waals surface area contributed by atoms with Crippen LogP contribution in [0, 0.1) is 13.8 Å². The summed E-state index contributed by atoms with van der Waals surface area (Å²) in [6.45, 7) is 12.3. The lowest BCUT2D eigenvalue weighted by atomic mass is 9.74. The van der Waals surface area contributed by atoms with Crippen molar-refractivity contribution < 1.29 is 43.3 Å². The number of nitrogens with zero attached hydrogens (tertiary/aromatic N) is 1. The van der Waals surface area contributed by atoms with Gasteiger partial charge in [0.05, 0.1) is 22.0 Å². The van der Waals surface area contributed by atoms with Crippen LogP contribution in [0.3, 0.4) is 0 Å². The number of ether oxygens (including phenoxy) is 3. The Morgan fingerprint density at radius 1 is 0.578 bits per heavy atom. The van der Waals surface area contributed by atoms with Gasteiger partial charge in [0.25, 0.3) is 0 Å². The maximum atomic E-state index is 14.9. The van der Waals surface area contributed by atoms with E-state index in [2.05, 4.69) is 26.0 Å². The predicted octanol–water partition coefficient (Wildman–Crippen LogP) is 20.1. The third kappa shape index (κ3) is 26.0. The number of carbonyl (C=O) groups excluding carboxylic acids is 4. The van der Waals surface area contributed by atoms with Crippen molar-refractivity contribution in [1.29, 1.82) is 0 Å². The van der Waals surface area contributed by atoms with Gasteiger partial charge in [-0.05, 0) is 104 Å². The number of fused-ring (bicyclic) bond motifs is 1. The molecule has 0 spiro atoms. The predicted molar refractivity (Wildman–Crippen MR) is 340 cm³/mol. The molecule has 0 saturated carbocycles. The van der Waals surface area contributed by atoms with E-state index in [1.54, 1.807) is 0 Å². The highest BCUT2D eigenvalue weighted by Gasteiger charge is 2.38. The van der Waals surface area contributed by atoms with Crippen molar-refractivity contribution in [1.82, 2.24) is 4.90 Å². The Bertz CT molecular complexity index is 2370. The number of hydrogen-bond acceptors (Lipinski definition) is 8. The van der Waals surface area contributed by atoms with Crippen LogP contribution in [0.1, 0.15) is 309 Å². The number of halogens is 2. The third-order valence-electron chi connectivity index (χ3n) is 17.2. The van der Waals surface area contributed by atoms with Gasteiger partial charge in [-0.15, -0.1) is 0 Å². The molecule has 1 aliphatic carbocycles. The summed E-state index contributed by atoms with van der Waals surface area (Å²) in [4.78, 5) is 68.7. The first-order valence-electron chi connectivity index (χ1n) is 32.7. The minimum Gasteiger partial charge on any atom is -0.481 e. The molecule has 3 aromatic rings. The average molecular weight is 1190 g/mol. The molecule has 1 amide bonds. The Labute approximate surface area is 511 Å². The fourth-order valence-electron chi connectivity index (χ4n) is 12.6. The van der Waals surface area contributed by atoms with Gasteiger partial charge in [0, 0.05) is 56.0 Å². The van der Waals surface area contributed by atoms with Crippen molar-refractivity contribution in [2.45, 2.75) is 290 Å². The molecular weight excluding hydrogens is 1080 g/mol. The van der Waals surface area contributed by atoms with E-state index < -0.39 is 23.3 Å². The van der Waals surface area contributed by atoms with Crippen LogP contribution < -0.4 is 4.74 Å². The van der Waals surface area contributed by atoms with Gasteiger partial charge in [0.1, 0.15) is 19.0 Å². The fraction of sp³-hybridized carbons (Fsp3) is 0.676. The lowest BCUT2D eigenvalue weighted by Gasteiger charge is -2.39. The maximum Gasteiger partial charge on any atom is 0.311 e. The summed E-state index contributed by atoms with van der Waals surface area (Å²) in [5.41, 5.74) is 5.37. The summed E-state index contributed by atoms with van der Waals surface area (Å²) in [6, 6.07) is 15.7. The van der Waals surface area contributed by atoms with E-state index in [9.17, 15) is 29.1 Å². The van der Waals surface area contributed by atoms with Gasteiger partial charge in [0.2, 0.25) is 5.91 Å². The number of carboxylic acid groups (broad SMARTS) is 1. The van der Waals surface area contributed by atoms with Crippen molar-refractivity contribution in [3.63, 3.8) is 0 Å². The topological polar surface area (TPSA) is 137 Å². The summed E-state index contributed by atoms with van der Waals surface area (Å²) in [5.74, 6) is -2.24. The zero-order valence-corrected chi connectivity index (χ0v) is 53.9. The molecule has 0 fully saturated rings. The second-order valence-electron chi connectivity index (χ2n) is 24.7. The number of aryl methyl sites for hydroxylation is 1. The number of aliphatic carboxylic acids is 1. The first-order valence-corrected chi connectivity index (χ1v) is 33.4. The minimum atomic E-state index is -0.924. The smallest absolute Gasteiger partial charge is 0.311 e. The van der Waals surface area contributed by atoms with Crippen LogP contribution in [0.15, 0.2) is 48.5 Å². The molecule has 2 atom stereocenters. The second kappa shape index (κ2) is 40.1. The quantitative estimate of drug-likeness (QED) is 0.0333. The molecular formula is C71H107Cl2NO9. The minimum absolute atomic E-state index is 0.0143. The number of esters is 3. The highest BCUT2D eigenvalue weighted by molar-refractivity contribution is 6.42. The van der Waals surface area contributed by atoms with Crippen LogP contribution in [0.5, 0.6) is 5.75 Å². The average Bonchev–Trinajstić information content (AvgIpc) is 3.28. The van der Waals surface area contributed by atoms with Crippen molar-refractivity contribution >= 4 is 53.0 Å². The molecule has 0 aliphatic heterocycles. The molecule has 4 rings (SSSR count). The van der Waals surface area contributed by atoms with E-state index in [-0.39, 0.29) is 62.3 Å². The number of carboxylic acids is 1. The zero-order valence-electron chi connectivity index (χ0n) is 52.4. The number of hydrogen-bond donors (Lipinski definition) is 1. The molecule has 0 heterocycles. The number of benzene rings is 3. The van der Waals surface area contributed by atoms with Crippen LogP contribution in [-0.4, -0.2) is 60.1 Å². The van der Waals surface area contributed by atoms with Crippen LogP contribution in [0.25, 0.3) is 0 Å². The van der Waals surface area contributed by atoms with E-state index in [0.29, 0.717) is 47.0 Å².